The Morgan fingerprint density at radius 3 is 1.38 bits per heavy atom. The summed E-state index contributed by atoms with van der Waals surface area (Å²) in [5, 5.41) is 6.58. The minimum absolute atomic E-state index is 0.842. The molecule has 3 aromatic carbocycles. The Bertz CT molecular complexity index is 1210. The van der Waals surface area contributed by atoms with E-state index in [0.717, 1.165) is 71.2 Å². The van der Waals surface area contributed by atoms with Gasteiger partial charge in [-0.1, -0.05) is 54.0 Å². The molecule has 4 nitrogen and oxygen atoms in total. The molecule has 4 heteroatoms. The Hall–Kier alpha value is -4.28. The average molecular weight is 415 g/mol. The maximum Gasteiger partial charge on any atom is 0.128 e. The minimum atomic E-state index is 0.842. The molecule has 2 heterocycles. The van der Waals surface area contributed by atoms with E-state index in [-0.39, 0.29) is 0 Å². The van der Waals surface area contributed by atoms with E-state index in [1.54, 1.807) is 0 Å². The number of hydrogen-bond donors (Lipinski definition) is 2. The molecule has 2 aliphatic heterocycles. The zero-order chi connectivity index (χ0) is 21.6. The van der Waals surface area contributed by atoms with Crippen LogP contribution in [0.2, 0.25) is 0 Å². The van der Waals surface area contributed by atoms with Crippen LogP contribution >= 0.6 is 0 Å². The molecule has 154 valence electrons. The highest BCUT2D eigenvalue weighted by molar-refractivity contribution is 6.00. The molecule has 0 amide bonds. The van der Waals surface area contributed by atoms with Crippen molar-refractivity contribution < 1.29 is 0 Å². The minimum Gasteiger partial charge on any atom is -0.368 e. The number of nitrogens with zero attached hydrogens (tertiary/aromatic N) is 2. The van der Waals surface area contributed by atoms with E-state index in [1.165, 1.54) is 0 Å². The average Bonchev–Trinajstić information content (AvgIpc) is 3.57. The van der Waals surface area contributed by atoms with Crippen molar-refractivity contribution in [1.29, 1.82) is 0 Å². The van der Waals surface area contributed by atoms with Gasteiger partial charge in [0.25, 0.3) is 0 Å². The van der Waals surface area contributed by atoms with Crippen LogP contribution in [0.5, 0.6) is 0 Å². The van der Waals surface area contributed by atoms with Crippen molar-refractivity contribution in [3.63, 3.8) is 0 Å². The van der Waals surface area contributed by atoms with Gasteiger partial charge in [0.1, 0.15) is 11.7 Å². The molecule has 0 atom stereocenters. The van der Waals surface area contributed by atoms with Gasteiger partial charge in [0, 0.05) is 46.5 Å². The highest BCUT2D eigenvalue weighted by Crippen LogP contribution is 2.09. The highest BCUT2D eigenvalue weighted by Gasteiger charge is 2.07. The van der Waals surface area contributed by atoms with Gasteiger partial charge in [0.15, 0.2) is 0 Å². The van der Waals surface area contributed by atoms with Crippen LogP contribution in [-0.4, -0.2) is 37.9 Å². The molecule has 2 N–H and O–H groups in total. The first-order valence-corrected chi connectivity index (χ1v) is 10.8. The number of hydrogen-bond acceptors (Lipinski definition) is 4. The predicted octanol–water partition coefficient (Wildman–Crippen LogP) is 3.19. The van der Waals surface area contributed by atoms with Gasteiger partial charge < -0.3 is 10.6 Å². The van der Waals surface area contributed by atoms with Gasteiger partial charge >= 0.3 is 0 Å². The second-order valence-corrected chi connectivity index (χ2v) is 7.55. The van der Waals surface area contributed by atoms with Crippen molar-refractivity contribution in [2.75, 3.05) is 26.2 Å². The standard InChI is InChI=1S/C28H22N4/c1-2-23(6-4-21-8-12-25(13-9-21)27-29-16-17-30-27)20-24(3-1)7-5-22-10-14-26(15-11-22)28-31-18-19-32-28/h1-3,8-15,20H,16-19H2,(H,29,30)(H,31,32). The molecule has 0 saturated carbocycles. The summed E-state index contributed by atoms with van der Waals surface area (Å²) in [6, 6.07) is 24.4. The van der Waals surface area contributed by atoms with Crippen LogP contribution in [0.15, 0.2) is 82.8 Å². The fourth-order valence-electron chi connectivity index (χ4n) is 3.57. The first kappa shape index (κ1) is 19.7. The summed E-state index contributed by atoms with van der Waals surface area (Å²) >= 11 is 0. The molecule has 0 aromatic heterocycles. The smallest absolute Gasteiger partial charge is 0.128 e. The van der Waals surface area contributed by atoms with Gasteiger partial charge in [-0.2, -0.15) is 0 Å². The molecule has 0 spiro atoms. The Labute approximate surface area is 188 Å². The van der Waals surface area contributed by atoms with Crippen LogP contribution < -0.4 is 10.6 Å². The third kappa shape index (κ3) is 4.72. The second kappa shape index (κ2) is 9.25. The third-order valence-electron chi connectivity index (χ3n) is 5.23. The van der Waals surface area contributed by atoms with Crippen LogP contribution in [0.3, 0.4) is 0 Å². The Balaban J connectivity index is 1.27. The van der Waals surface area contributed by atoms with Crippen molar-refractivity contribution >= 4 is 11.7 Å². The van der Waals surface area contributed by atoms with Gasteiger partial charge in [-0.3, -0.25) is 9.98 Å². The first-order valence-electron chi connectivity index (χ1n) is 10.8. The van der Waals surface area contributed by atoms with Crippen LogP contribution in [-0.2, 0) is 0 Å². The fraction of sp³-hybridized carbons (Fsp3) is 0.143. The van der Waals surface area contributed by atoms with Gasteiger partial charge in [-0.25, -0.2) is 0 Å². The van der Waals surface area contributed by atoms with Crippen molar-refractivity contribution in [2.24, 2.45) is 9.98 Å². The molecule has 3 aromatic rings. The molecular formula is C28H22N4. The maximum atomic E-state index is 4.45. The molecule has 0 radical (unpaired) electrons. The van der Waals surface area contributed by atoms with Crippen molar-refractivity contribution in [3.8, 4) is 23.7 Å². The second-order valence-electron chi connectivity index (χ2n) is 7.55. The zero-order valence-electron chi connectivity index (χ0n) is 17.7. The SMILES string of the molecule is C(#Cc1cccc(C#Cc2ccc(C3=NCCN3)cc2)c1)c1ccc(C2=NCCN2)cc1. The molecule has 5 rings (SSSR count). The summed E-state index contributed by atoms with van der Waals surface area (Å²) in [5.74, 6) is 14.9. The maximum absolute atomic E-state index is 4.45. The molecule has 0 aliphatic carbocycles. The van der Waals surface area contributed by atoms with E-state index >= 15 is 0 Å². The van der Waals surface area contributed by atoms with Crippen LogP contribution in [0, 0.1) is 23.7 Å². The largest absolute Gasteiger partial charge is 0.368 e. The third-order valence-corrected chi connectivity index (χ3v) is 5.23. The van der Waals surface area contributed by atoms with E-state index < -0.39 is 0 Å². The predicted molar refractivity (Wildman–Crippen MR) is 130 cm³/mol. The molecule has 0 fully saturated rings. The normalized spacial score (nSPS) is 14.1. The van der Waals surface area contributed by atoms with Crippen LogP contribution in [0.1, 0.15) is 33.4 Å². The quantitative estimate of drug-likeness (QED) is 0.633. The van der Waals surface area contributed by atoms with E-state index in [4.69, 9.17) is 0 Å². The summed E-state index contributed by atoms with van der Waals surface area (Å²) in [7, 11) is 0. The monoisotopic (exact) mass is 414 g/mol. The lowest BCUT2D eigenvalue weighted by molar-refractivity contribution is 0.960. The van der Waals surface area contributed by atoms with Crippen LogP contribution in [0.4, 0.5) is 0 Å². The zero-order valence-corrected chi connectivity index (χ0v) is 17.7. The Kier molecular flexibility index (Phi) is 5.68. The van der Waals surface area contributed by atoms with Crippen LogP contribution in [0.25, 0.3) is 0 Å². The summed E-state index contributed by atoms with van der Waals surface area (Å²) in [5.41, 5.74) is 6.05. The topological polar surface area (TPSA) is 48.8 Å². The van der Waals surface area contributed by atoms with E-state index in [1.807, 2.05) is 48.5 Å². The molecule has 0 unspecified atom stereocenters. The van der Waals surface area contributed by atoms with Crippen molar-refractivity contribution in [1.82, 2.24) is 10.6 Å². The highest BCUT2D eigenvalue weighted by atomic mass is 15.1. The lowest BCUT2D eigenvalue weighted by atomic mass is 10.1. The van der Waals surface area contributed by atoms with E-state index in [0.29, 0.717) is 0 Å². The summed E-state index contributed by atoms with van der Waals surface area (Å²) < 4.78 is 0. The molecule has 0 saturated heterocycles. The van der Waals surface area contributed by atoms with Crippen molar-refractivity contribution in [3.05, 3.63) is 106 Å². The fourth-order valence-corrected chi connectivity index (χ4v) is 3.57. The lowest BCUT2D eigenvalue weighted by Gasteiger charge is -2.01. The van der Waals surface area contributed by atoms with E-state index in [2.05, 4.69) is 68.6 Å². The lowest BCUT2D eigenvalue weighted by Crippen LogP contribution is -2.19. The van der Waals surface area contributed by atoms with Gasteiger partial charge in [-0.05, 0) is 42.5 Å². The van der Waals surface area contributed by atoms with Gasteiger partial charge in [0.2, 0.25) is 0 Å². The molecular weight excluding hydrogens is 392 g/mol. The number of benzene rings is 3. The summed E-state index contributed by atoms with van der Waals surface area (Å²) in [6.07, 6.45) is 0. The Morgan fingerprint density at radius 1 is 0.531 bits per heavy atom. The number of rotatable bonds is 2. The Morgan fingerprint density at radius 2 is 0.969 bits per heavy atom. The number of nitrogens with one attached hydrogen (secondary N) is 2. The first-order chi connectivity index (χ1) is 15.8. The summed E-state index contributed by atoms with van der Waals surface area (Å²) in [4.78, 5) is 8.90. The number of aliphatic imine (C=N–C) groups is 2. The van der Waals surface area contributed by atoms with Crippen molar-refractivity contribution in [2.45, 2.75) is 0 Å². The van der Waals surface area contributed by atoms with Gasteiger partial charge in [0.05, 0.1) is 13.1 Å². The number of amidine groups is 2. The molecule has 32 heavy (non-hydrogen) atoms. The summed E-state index contributed by atoms with van der Waals surface area (Å²) in [6.45, 7) is 3.51. The molecule has 2 aliphatic rings. The van der Waals surface area contributed by atoms with E-state index in [9.17, 15) is 0 Å². The molecule has 0 bridgehead atoms. The van der Waals surface area contributed by atoms with Gasteiger partial charge in [-0.15, -0.1) is 0 Å².